The summed E-state index contributed by atoms with van der Waals surface area (Å²) in [4.78, 5) is 4.05. The smallest absolute Gasteiger partial charge is 0.0331 e. The van der Waals surface area contributed by atoms with Crippen LogP contribution in [0.25, 0.3) is 0 Å². The summed E-state index contributed by atoms with van der Waals surface area (Å²) in [7, 11) is 2.04. The minimum Gasteiger partial charge on any atom is -0.318 e. The minimum atomic E-state index is 0.669. The van der Waals surface area contributed by atoms with E-state index in [1.165, 1.54) is 17.7 Å². The molecule has 1 N–H and O–H groups in total. The van der Waals surface area contributed by atoms with Crippen molar-refractivity contribution in [2.24, 2.45) is 0 Å². The minimum absolute atomic E-state index is 0.669. The van der Waals surface area contributed by atoms with Crippen molar-refractivity contribution in [3.05, 3.63) is 22.4 Å². The number of likely N-dealkylation sites (N-methyl/N-ethyl adjacent to an activating group) is 2. The maximum atomic E-state index is 3.31. The summed E-state index contributed by atoms with van der Waals surface area (Å²) in [6.45, 7) is 7.84. The Morgan fingerprint density at radius 2 is 2.25 bits per heavy atom. The van der Waals surface area contributed by atoms with Crippen molar-refractivity contribution in [1.29, 1.82) is 0 Å². The van der Waals surface area contributed by atoms with E-state index in [0.29, 0.717) is 6.04 Å². The van der Waals surface area contributed by atoms with Gasteiger partial charge in [0.1, 0.15) is 0 Å². The van der Waals surface area contributed by atoms with Crippen molar-refractivity contribution in [2.75, 3.05) is 20.1 Å². The molecule has 0 saturated carbocycles. The molecular formula is C13H24N2S. The molecule has 0 bridgehead atoms. The van der Waals surface area contributed by atoms with Crippen LogP contribution in [0.2, 0.25) is 0 Å². The predicted octanol–water partition coefficient (Wildman–Crippen LogP) is 2.96. The van der Waals surface area contributed by atoms with Crippen molar-refractivity contribution in [3.63, 3.8) is 0 Å². The Bertz CT molecular complexity index is 253. The summed E-state index contributed by atoms with van der Waals surface area (Å²) >= 11 is 1.86. The Balaban J connectivity index is 2.55. The molecule has 1 atom stereocenters. The van der Waals surface area contributed by atoms with E-state index in [0.717, 1.165) is 19.6 Å². The van der Waals surface area contributed by atoms with Crippen LogP contribution in [0, 0.1) is 0 Å². The Kier molecular flexibility index (Phi) is 6.69. The maximum Gasteiger partial charge on any atom is 0.0331 e. The molecular weight excluding hydrogens is 216 g/mol. The van der Waals surface area contributed by atoms with Gasteiger partial charge in [-0.3, -0.25) is 4.90 Å². The Hall–Kier alpha value is -0.380. The second-order valence-electron chi connectivity index (χ2n) is 4.14. The summed E-state index contributed by atoms with van der Waals surface area (Å²) in [5.74, 6) is 0. The highest BCUT2D eigenvalue weighted by molar-refractivity contribution is 7.09. The molecule has 1 aromatic heterocycles. The van der Waals surface area contributed by atoms with Crippen molar-refractivity contribution in [2.45, 2.75) is 39.3 Å². The lowest BCUT2D eigenvalue weighted by Crippen LogP contribution is -2.40. The molecule has 1 rings (SSSR count). The van der Waals surface area contributed by atoms with Gasteiger partial charge >= 0.3 is 0 Å². The van der Waals surface area contributed by atoms with Crippen LogP contribution >= 0.6 is 11.3 Å². The highest BCUT2D eigenvalue weighted by Gasteiger charge is 2.15. The van der Waals surface area contributed by atoms with Crippen LogP contribution in [0.1, 0.15) is 31.6 Å². The zero-order valence-corrected chi connectivity index (χ0v) is 11.5. The van der Waals surface area contributed by atoms with Gasteiger partial charge in [-0.1, -0.05) is 26.3 Å². The summed E-state index contributed by atoms with van der Waals surface area (Å²) in [6, 6.07) is 5.04. The first-order valence-corrected chi connectivity index (χ1v) is 7.10. The standard InChI is InChI=1S/C13H24N2S/c1-4-7-12(10-14-3)15(5-2)11-13-8-6-9-16-13/h6,8-9,12,14H,4-5,7,10-11H2,1-3H3. The summed E-state index contributed by atoms with van der Waals surface area (Å²) < 4.78 is 0. The topological polar surface area (TPSA) is 15.3 Å². The Morgan fingerprint density at radius 3 is 2.75 bits per heavy atom. The van der Waals surface area contributed by atoms with Crippen molar-refractivity contribution in [3.8, 4) is 0 Å². The third-order valence-electron chi connectivity index (χ3n) is 2.92. The average Bonchev–Trinajstić information content (AvgIpc) is 2.78. The SMILES string of the molecule is CCCC(CNC)N(CC)Cc1cccs1. The molecule has 0 amide bonds. The van der Waals surface area contributed by atoms with Gasteiger partial charge < -0.3 is 5.32 Å². The fraction of sp³-hybridized carbons (Fsp3) is 0.692. The molecule has 1 aromatic rings. The molecule has 92 valence electrons. The van der Waals surface area contributed by atoms with Gasteiger partial charge in [0.15, 0.2) is 0 Å². The second-order valence-corrected chi connectivity index (χ2v) is 5.17. The quantitative estimate of drug-likeness (QED) is 0.751. The second kappa shape index (κ2) is 7.82. The zero-order chi connectivity index (χ0) is 11.8. The monoisotopic (exact) mass is 240 g/mol. The number of hydrogen-bond acceptors (Lipinski definition) is 3. The van der Waals surface area contributed by atoms with Crippen LogP contribution in [0.4, 0.5) is 0 Å². The Labute approximate surface area is 104 Å². The van der Waals surface area contributed by atoms with E-state index in [9.17, 15) is 0 Å². The summed E-state index contributed by atoms with van der Waals surface area (Å²) in [5, 5.41) is 5.47. The molecule has 0 aromatic carbocycles. The third-order valence-corrected chi connectivity index (χ3v) is 3.78. The lowest BCUT2D eigenvalue weighted by Gasteiger charge is -2.30. The first-order valence-electron chi connectivity index (χ1n) is 6.22. The van der Waals surface area contributed by atoms with Crippen LogP contribution in [0.3, 0.4) is 0 Å². The lowest BCUT2D eigenvalue weighted by atomic mass is 10.1. The van der Waals surface area contributed by atoms with Crippen LogP contribution in [0.15, 0.2) is 17.5 Å². The average molecular weight is 240 g/mol. The van der Waals surface area contributed by atoms with E-state index >= 15 is 0 Å². The fourth-order valence-electron chi connectivity index (χ4n) is 2.08. The normalized spacial score (nSPS) is 13.2. The molecule has 16 heavy (non-hydrogen) atoms. The van der Waals surface area contributed by atoms with Crippen molar-refractivity contribution < 1.29 is 0 Å². The van der Waals surface area contributed by atoms with Gasteiger partial charge in [-0.15, -0.1) is 11.3 Å². The molecule has 0 saturated heterocycles. The molecule has 0 aliphatic rings. The highest BCUT2D eigenvalue weighted by atomic mass is 32.1. The van der Waals surface area contributed by atoms with Crippen LogP contribution < -0.4 is 5.32 Å². The molecule has 1 heterocycles. The molecule has 0 spiro atoms. The van der Waals surface area contributed by atoms with E-state index < -0.39 is 0 Å². The lowest BCUT2D eigenvalue weighted by molar-refractivity contribution is 0.186. The van der Waals surface area contributed by atoms with E-state index in [-0.39, 0.29) is 0 Å². The molecule has 3 heteroatoms. The first kappa shape index (κ1) is 13.7. The van der Waals surface area contributed by atoms with E-state index in [4.69, 9.17) is 0 Å². The van der Waals surface area contributed by atoms with E-state index in [1.54, 1.807) is 0 Å². The van der Waals surface area contributed by atoms with Crippen LogP contribution in [0.5, 0.6) is 0 Å². The van der Waals surface area contributed by atoms with Gasteiger partial charge in [-0.25, -0.2) is 0 Å². The van der Waals surface area contributed by atoms with Crippen LogP contribution in [-0.4, -0.2) is 31.1 Å². The van der Waals surface area contributed by atoms with Gasteiger partial charge in [0.25, 0.3) is 0 Å². The molecule has 1 unspecified atom stereocenters. The summed E-state index contributed by atoms with van der Waals surface area (Å²) in [6.07, 6.45) is 2.54. The molecule has 2 nitrogen and oxygen atoms in total. The summed E-state index contributed by atoms with van der Waals surface area (Å²) in [5.41, 5.74) is 0. The molecule has 0 aliphatic heterocycles. The number of hydrogen-bond donors (Lipinski definition) is 1. The van der Waals surface area contributed by atoms with Gasteiger partial charge in [0.05, 0.1) is 0 Å². The van der Waals surface area contributed by atoms with E-state index in [1.807, 2.05) is 18.4 Å². The Morgan fingerprint density at radius 1 is 1.44 bits per heavy atom. The van der Waals surface area contributed by atoms with Gasteiger partial charge in [0, 0.05) is 24.0 Å². The van der Waals surface area contributed by atoms with E-state index in [2.05, 4.69) is 41.6 Å². The fourth-order valence-corrected chi connectivity index (χ4v) is 2.81. The van der Waals surface area contributed by atoms with Gasteiger partial charge in [-0.05, 0) is 31.5 Å². The predicted molar refractivity (Wildman–Crippen MR) is 73.0 cm³/mol. The van der Waals surface area contributed by atoms with Crippen LogP contribution in [-0.2, 0) is 6.54 Å². The largest absolute Gasteiger partial charge is 0.318 e. The van der Waals surface area contributed by atoms with Crippen molar-refractivity contribution >= 4 is 11.3 Å². The molecule has 0 fully saturated rings. The number of nitrogens with one attached hydrogen (secondary N) is 1. The first-order chi connectivity index (χ1) is 7.81. The molecule has 0 aliphatic carbocycles. The number of rotatable bonds is 8. The maximum absolute atomic E-state index is 3.31. The zero-order valence-electron chi connectivity index (χ0n) is 10.7. The number of nitrogens with zero attached hydrogens (tertiary/aromatic N) is 1. The number of thiophene rings is 1. The highest BCUT2D eigenvalue weighted by Crippen LogP contribution is 2.15. The van der Waals surface area contributed by atoms with Gasteiger partial charge in [0.2, 0.25) is 0 Å². The van der Waals surface area contributed by atoms with Gasteiger partial charge in [-0.2, -0.15) is 0 Å². The van der Waals surface area contributed by atoms with Crippen molar-refractivity contribution in [1.82, 2.24) is 10.2 Å². The molecule has 0 radical (unpaired) electrons. The third kappa shape index (κ3) is 4.24.